The smallest absolute Gasteiger partial charge is 0.407 e. The van der Waals surface area contributed by atoms with Gasteiger partial charge in [0.25, 0.3) is 5.91 Å². The first-order valence-corrected chi connectivity index (χ1v) is 11.4. The summed E-state index contributed by atoms with van der Waals surface area (Å²) >= 11 is 1.61. The van der Waals surface area contributed by atoms with E-state index >= 15 is 0 Å². The number of hydrogen-bond donors (Lipinski definition) is 3. The number of carboxylic acids is 1. The van der Waals surface area contributed by atoms with Crippen molar-refractivity contribution >= 4 is 34.9 Å². The molecule has 0 aromatic carbocycles. The van der Waals surface area contributed by atoms with Crippen molar-refractivity contribution in [1.82, 2.24) is 10.6 Å². The van der Waals surface area contributed by atoms with Crippen LogP contribution < -0.4 is 10.6 Å². The summed E-state index contributed by atoms with van der Waals surface area (Å²) < 4.78 is 5.18. The van der Waals surface area contributed by atoms with E-state index in [-0.39, 0.29) is 30.2 Å². The molecule has 0 saturated carbocycles. The number of rotatable bonds is 8. The second-order valence-electron chi connectivity index (χ2n) is 9.14. The molecule has 2 amide bonds. The minimum absolute atomic E-state index is 0.00504. The zero-order valence-electron chi connectivity index (χ0n) is 20.6. The zero-order chi connectivity index (χ0) is 24.8. The van der Waals surface area contributed by atoms with Crippen molar-refractivity contribution in [2.45, 2.75) is 67.9 Å². The quantitative estimate of drug-likeness (QED) is 0.290. The highest BCUT2D eigenvalue weighted by atomic mass is 32.1. The van der Waals surface area contributed by atoms with Crippen LogP contribution in [0.2, 0.25) is 0 Å². The number of ether oxygens (including phenoxy) is 1. The molecule has 0 saturated heterocycles. The van der Waals surface area contributed by atoms with E-state index in [4.69, 9.17) is 4.74 Å². The summed E-state index contributed by atoms with van der Waals surface area (Å²) in [6.45, 7) is 16.8. The van der Waals surface area contributed by atoms with Gasteiger partial charge in [-0.25, -0.2) is 9.59 Å². The highest BCUT2D eigenvalue weighted by molar-refractivity contribution is 7.12. The first kappa shape index (κ1) is 27.4. The van der Waals surface area contributed by atoms with E-state index < -0.39 is 23.6 Å². The van der Waals surface area contributed by atoms with Gasteiger partial charge in [-0.15, -0.1) is 11.3 Å². The maximum Gasteiger partial charge on any atom is 0.407 e. The Labute approximate surface area is 194 Å². The Morgan fingerprint density at radius 3 is 2.03 bits per heavy atom. The molecule has 0 aliphatic heterocycles. The highest BCUT2D eigenvalue weighted by Crippen LogP contribution is 2.37. The Hall–Kier alpha value is -2.61. The third kappa shape index (κ3) is 7.82. The summed E-state index contributed by atoms with van der Waals surface area (Å²) in [5.74, 6) is -1.72. The molecule has 0 atom stereocenters. The van der Waals surface area contributed by atoms with Gasteiger partial charge in [0.05, 0.1) is 11.1 Å². The van der Waals surface area contributed by atoms with Gasteiger partial charge in [-0.05, 0) is 71.6 Å². The van der Waals surface area contributed by atoms with Crippen LogP contribution >= 0.6 is 11.3 Å². The lowest BCUT2D eigenvalue weighted by Crippen LogP contribution is -2.38. The summed E-state index contributed by atoms with van der Waals surface area (Å²) in [4.78, 5) is 39.4. The van der Waals surface area contributed by atoms with Crippen molar-refractivity contribution in [1.29, 1.82) is 0 Å². The highest BCUT2D eigenvalue weighted by Gasteiger charge is 2.28. The fourth-order valence-corrected chi connectivity index (χ4v) is 4.26. The number of nitrogens with one attached hydrogen (secondary N) is 2. The van der Waals surface area contributed by atoms with Crippen molar-refractivity contribution in [2.75, 3.05) is 13.1 Å². The van der Waals surface area contributed by atoms with Crippen LogP contribution in [0.25, 0.3) is 5.57 Å². The average molecular weight is 465 g/mol. The van der Waals surface area contributed by atoms with Gasteiger partial charge in [-0.3, -0.25) is 4.79 Å². The average Bonchev–Trinajstić information content (AvgIpc) is 2.93. The van der Waals surface area contributed by atoms with Crippen LogP contribution in [-0.2, 0) is 14.3 Å². The van der Waals surface area contributed by atoms with Crippen molar-refractivity contribution in [2.24, 2.45) is 5.92 Å². The van der Waals surface area contributed by atoms with Gasteiger partial charge in [0.1, 0.15) is 5.60 Å². The topological polar surface area (TPSA) is 105 Å². The molecule has 8 heteroatoms. The molecule has 0 unspecified atom stereocenters. The van der Waals surface area contributed by atoms with Crippen LogP contribution in [0.5, 0.6) is 0 Å². The van der Waals surface area contributed by atoms with Crippen LogP contribution in [0.1, 0.15) is 63.8 Å². The predicted molar refractivity (Wildman–Crippen MR) is 129 cm³/mol. The number of hydrogen-bond acceptors (Lipinski definition) is 5. The Balaban J connectivity index is 3.31. The molecule has 0 bridgehead atoms. The summed E-state index contributed by atoms with van der Waals surface area (Å²) in [5.41, 5.74) is 1.66. The van der Waals surface area contributed by atoms with Crippen LogP contribution in [0, 0.1) is 19.8 Å². The normalized spacial score (nSPS) is 12.2. The summed E-state index contributed by atoms with van der Waals surface area (Å²) in [6.07, 6.45) is -0.578. The standard InChI is InChI=1S/C24H36N2O5S/c1-13(2)18(17-12-15(5)32-16(17)6)20(19(14(3)4)22(28)29)21(27)25-10-11-26-23(30)31-24(7,8)9/h12-13H,10-11H2,1-9H3,(H,25,27)(H,26,30)(H,28,29)/b20-18+. The molecule has 1 heterocycles. The molecule has 0 radical (unpaired) electrons. The molecule has 7 nitrogen and oxygen atoms in total. The minimum Gasteiger partial charge on any atom is -0.478 e. The van der Waals surface area contributed by atoms with Crippen molar-refractivity contribution < 1.29 is 24.2 Å². The SMILES string of the molecule is CC(C)=C(C(=O)O)/C(C(=O)NCCNC(=O)OC(C)(C)C)=C(\c1cc(C)sc1C)C(C)C. The molecule has 3 N–H and O–H groups in total. The minimum atomic E-state index is -1.15. The number of alkyl carbamates (subject to hydrolysis) is 1. The van der Waals surface area contributed by atoms with Crippen LogP contribution in [0.3, 0.4) is 0 Å². The monoisotopic (exact) mass is 464 g/mol. The lowest BCUT2D eigenvalue weighted by atomic mass is 9.85. The molecule has 178 valence electrons. The number of carboxylic acid groups (broad SMARTS) is 1. The Kier molecular flexibility index (Phi) is 9.70. The first-order chi connectivity index (χ1) is 14.7. The fourth-order valence-electron chi connectivity index (χ4n) is 3.32. The zero-order valence-corrected chi connectivity index (χ0v) is 21.4. The van der Waals surface area contributed by atoms with Crippen molar-refractivity contribution in [3.63, 3.8) is 0 Å². The number of aliphatic carboxylic acids is 1. The van der Waals surface area contributed by atoms with E-state index in [1.54, 1.807) is 46.0 Å². The Bertz CT molecular complexity index is 929. The van der Waals surface area contributed by atoms with Gasteiger partial charge < -0.3 is 20.5 Å². The number of carbonyl (C=O) groups is 3. The molecule has 0 aliphatic rings. The summed E-state index contributed by atoms with van der Waals surface area (Å²) in [5, 5.41) is 15.3. The molecule has 0 spiro atoms. The maximum atomic E-state index is 13.3. The number of aryl methyl sites for hydroxylation is 2. The molecule has 1 aromatic heterocycles. The van der Waals surface area contributed by atoms with Gasteiger partial charge in [0, 0.05) is 22.8 Å². The molecule has 32 heavy (non-hydrogen) atoms. The van der Waals surface area contributed by atoms with Gasteiger partial charge >= 0.3 is 12.1 Å². The van der Waals surface area contributed by atoms with Crippen molar-refractivity contribution in [3.05, 3.63) is 38.1 Å². The maximum absolute atomic E-state index is 13.3. The second-order valence-corrected chi connectivity index (χ2v) is 10.6. The third-order valence-corrected chi connectivity index (χ3v) is 5.41. The van der Waals surface area contributed by atoms with E-state index in [1.165, 1.54) is 0 Å². The van der Waals surface area contributed by atoms with Gasteiger partial charge in [0.2, 0.25) is 0 Å². The molecule has 1 rings (SSSR count). The molecular formula is C24H36N2O5S. The van der Waals surface area contributed by atoms with Gasteiger partial charge in [-0.2, -0.15) is 0 Å². The molecular weight excluding hydrogens is 428 g/mol. The lowest BCUT2D eigenvalue weighted by molar-refractivity contribution is -0.133. The number of allylic oxidation sites excluding steroid dienone is 2. The lowest BCUT2D eigenvalue weighted by Gasteiger charge is -2.21. The second kappa shape index (κ2) is 11.3. The first-order valence-electron chi connectivity index (χ1n) is 10.6. The molecule has 0 aliphatic carbocycles. The molecule has 0 fully saturated rings. The largest absolute Gasteiger partial charge is 0.478 e. The van der Waals surface area contributed by atoms with E-state index in [2.05, 4.69) is 10.6 Å². The summed E-state index contributed by atoms with van der Waals surface area (Å²) in [6, 6.07) is 2.00. The van der Waals surface area contributed by atoms with Crippen LogP contribution in [0.15, 0.2) is 22.8 Å². The van der Waals surface area contributed by atoms with Crippen LogP contribution in [0.4, 0.5) is 4.79 Å². The third-order valence-electron chi connectivity index (χ3n) is 4.45. The van der Waals surface area contributed by atoms with Gasteiger partial charge in [-0.1, -0.05) is 19.4 Å². The van der Waals surface area contributed by atoms with E-state index in [9.17, 15) is 19.5 Å². The number of thiophene rings is 1. The molecule has 1 aromatic rings. The summed E-state index contributed by atoms with van der Waals surface area (Å²) in [7, 11) is 0. The van der Waals surface area contributed by atoms with E-state index in [0.717, 1.165) is 15.3 Å². The Morgan fingerprint density at radius 2 is 1.62 bits per heavy atom. The Morgan fingerprint density at radius 1 is 1.06 bits per heavy atom. The van der Waals surface area contributed by atoms with Gasteiger partial charge in [0.15, 0.2) is 0 Å². The van der Waals surface area contributed by atoms with E-state index in [0.29, 0.717) is 11.1 Å². The van der Waals surface area contributed by atoms with Crippen LogP contribution in [-0.4, -0.2) is 41.8 Å². The van der Waals surface area contributed by atoms with E-state index in [1.807, 2.05) is 33.8 Å². The predicted octanol–water partition coefficient (Wildman–Crippen LogP) is 4.84. The number of carbonyl (C=O) groups excluding carboxylic acids is 2. The fraction of sp³-hybridized carbons (Fsp3) is 0.542. The number of amides is 2. The van der Waals surface area contributed by atoms with Crippen molar-refractivity contribution in [3.8, 4) is 0 Å².